The maximum Gasteiger partial charge on any atom is 0.343 e. The molecule has 0 fully saturated rings. The number of carbonyl (C=O) groups is 3. The molecule has 0 aliphatic carbocycles. The van der Waals surface area contributed by atoms with E-state index in [2.05, 4.69) is 5.32 Å². The lowest BCUT2D eigenvalue weighted by atomic mass is 10.1. The second kappa shape index (κ2) is 10.6. The highest BCUT2D eigenvalue weighted by Crippen LogP contribution is 2.15. The minimum atomic E-state index is -0.537. The monoisotopic (exact) mass is 409 g/mol. The van der Waals surface area contributed by atoms with Gasteiger partial charge in [-0.15, -0.1) is 0 Å². The molecule has 8 nitrogen and oxygen atoms in total. The Morgan fingerprint density at radius 2 is 1.63 bits per heavy atom. The van der Waals surface area contributed by atoms with Crippen molar-refractivity contribution in [3.05, 3.63) is 70.8 Å². The van der Waals surface area contributed by atoms with Crippen LogP contribution in [0.1, 0.15) is 35.3 Å². The summed E-state index contributed by atoms with van der Waals surface area (Å²) in [5, 5.41) is 9.83. The second-order valence-corrected chi connectivity index (χ2v) is 6.26. The van der Waals surface area contributed by atoms with E-state index < -0.39 is 11.9 Å². The molecule has 0 bridgehead atoms. The number of rotatable bonds is 8. The first kappa shape index (κ1) is 22.4. The van der Waals surface area contributed by atoms with Gasteiger partial charge in [-0.3, -0.25) is 15.0 Å². The maximum absolute atomic E-state index is 12.3. The van der Waals surface area contributed by atoms with Gasteiger partial charge in [0.1, 0.15) is 18.1 Å². The summed E-state index contributed by atoms with van der Waals surface area (Å²) < 4.78 is 10.0. The Morgan fingerprint density at radius 1 is 1.03 bits per heavy atom. The van der Waals surface area contributed by atoms with Crippen LogP contribution in [0.4, 0.5) is 0 Å². The number of benzene rings is 2. The average molecular weight is 409 g/mol. The van der Waals surface area contributed by atoms with E-state index in [9.17, 15) is 14.4 Å². The van der Waals surface area contributed by atoms with Crippen molar-refractivity contribution in [2.45, 2.75) is 13.8 Å². The van der Waals surface area contributed by atoms with Crippen molar-refractivity contribution in [3.63, 3.8) is 0 Å². The van der Waals surface area contributed by atoms with E-state index >= 15 is 0 Å². The van der Waals surface area contributed by atoms with Crippen molar-refractivity contribution >= 4 is 29.8 Å². The molecule has 30 heavy (non-hydrogen) atoms. The van der Waals surface area contributed by atoms with Crippen LogP contribution in [0.25, 0.3) is 6.08 Å². The van der Waals surface area contributed by atoms with Crippen molar-refractivity contribution < 1.29 is 23.9 Å². The molecule has 2 aromatic rings. The molecule has 0 saturated heterocycles. The van der Waals surface area contributed by atoms with Gasteiger partial charge < -0.3 is 20.5 Å². The number of nitrogen functional groups attached to an aromatic ring is 1. The Hall–Kier alpha value is -3.94. The fraction of sp³-hybridized carbons (Fsp3) is 0.182. The van der Waals surface area contributed by atoms with Crippen molar-refractivity contribution in [2.24, 2.45) is 5.73 Å². The summed E-state index contributed by atoms with van der Waals surface area (Å²) in [6, 6.07) is 12.8. The van der Waals surface area contributed by atoms with Gasteiger partial charge in [-0.05, 0) is 61.9 Å². The molecule has 0 unspecified atom stereocenters. The Morgan fingerprint density at radius 3 is 2.20 bits per heavy atom. The van der Waals surface area contributed by atoms with Crippen LogP contribution in [0.3, 0.4) is 0 Å². The van der Waals surface area contributed by atoms with E-state index in [1.165, 1.54) is 0 Å². The second-order valence-electron chi connectivity index (χ2n) is 6.26. The van der Waals surface area contributed by atoms with E-state index in [1.807, 2.05) is 0 Å². The number of amidine groups is 1. The van der Waals surface area contributed by atoms with Crippen LogP contribution >= 0.6 is 0 Å². The molecule has 0 aromatic heterocycles. The molecule has 0 radical (unpaired) electrons. The molecule has 8 heteroatoms. The first-order chi connectivity index (χ1) is 14.3. The summed E-state index contributed by atoms with van der Waals surface area (Å²) in [6.07, 6.45) is 1.64. The Balaban J connectivity index is 1.97. The number of hydrogen-bond acceptors (Lipinski definition) is 6. The first-order valence-electron chi connectivity index (χ1n) is 9.19. The smallest absolute Gasteiger partial charge is 0.343 e. The predicted octanol–water partition coefficient (Wildman–Crippen LogP) is 2.27. The van der Waals surface area contributed by atoms with Crippen LogP contribution in [-0.4, -0.2) is 36.8 Å². The van der Waals surface area contributed by atoms with Gasteiger partial charge in [-0.25, -0.2) is 4.79 Å². The number of nitrogens with two attached hydrogens (primary N) is 1. The van der Waals surface area contributed by atoms with E-state index in [1.54, 1.807) is 68.5 Å². The number of carbonyl (C=O) groups excluding carboxylic acids is 3. The van der Waals surface area contributed by atoms with Crippen molar-refractivity contribution in [1.82, 2.24) is 5.32 Å². The predicted molar refractivity (Wildman–Crippen MR) is 112 cm³/mol. The van der Waals surface area contributed by atoms with Crippen LogP contribution in [0, 0.1) is 5.41 Å². The molecule has 0 heterocycles. The number of ether oxygens (including phenoxy) is 2. The normalized spacial score (nSPS) is 10.8. The zero-order valence-corrected chi connectivity index (χ0v) is 16.7. The third-order valence-corrected chi connectivity index (χ3v) is 3.96. The van der Waals surface area contributed by atoms with E-state index in [-0.39, 0.29) is 24.9 Å². The lowest BCUT2D eigenvalue weighted by molar-refractivity contribution is -0.143. The summed E-state index contributed by atoms with van der Waals surface area (Å²) in [5.74, 6) is -1.16. The maximum atomic E-state index is 12.3. The summed E-state index contributed by atoms with van der Waals surface area (Å²) >= 11 is 0. The third kappa shape index (κ3) is 6.59. The lowest BCUT2D eigenvalue weighted by Gasteiger charge is -2.07. The number of hydrogen-bond donors (Lipinski definition) is 3. The van der Waals surface area contributed by atoms with Crippen molar-refractivity contribution in [1.29, 1.82) is 5.41 Å². The summed E-state index contributed by atoms with van der Waals surface area (Å²) in [5.41, 5.74) is 7.38. The highest BCUT2D eigenvalue weighted by Gasteiger charge is 2.10. The number of amides is 1. The van der Waals surface area contributed by atoms with E-state index in [0.29, 0.717) is 28.0 Å². The van der Waals surface area contributed by atoms with Crippen LogP contribution in [0.5, 0.6) is 5.75 Å². The molecular weight excluding hydrogens is 386 g/mol. The lowest BCUT2D eigenvalue weighted by Crippen LogP contribution is -2.31. The van der Waals surface area contributed by atoms with E-state index in [4.69, 9.17) is 20.6 Å². The molecule has 0 atom stereocenters. The van der Waals surface area contributed by atoms with E-state index in [0.717, 1.165) is 0 Å². The molecule has 0 aliphatic rings. The van der Waals surface area contributed by atoms with Crippen LogP contribution in [0.15, 0.2) is 54.1 Å². The quantitative estimate of drug-likeness (QED) is 0.201. The van der Waals surface area contributed by atoms with Gasteiger partial charge in [0.05, 0.1) is 12.2 Å². The molecule has 2 rings (SSSR count). The van der Waals surface area contributed by atoms with Gasteiger partial charge in [-0.1, -0.05) is 12.1 Å². The highest BCUT2D eigenvalue weighted by atomic mass is 16.5. The number of nitrogens with one attached hydrogen (secondary N) is 2. The molecule has 0 spiro atoms. The highest BCUT2D eigenvalue weighted by molar-refractivity contribution is 5.99. The summed E-state index contributed by atoms with van der Waals surface area (Å²) in [4.78, 5) is 35.6. The Labute approximate surface area is 174 Å². The third-order valence-electron chi connectivity index (χ3n) is 3.96. The zero-order chi connectivity index (χ0) is 22.1. The van der Waals surface area contributed by atoms with Crippen molar-refractivity contribution in [3.8, 4) is 5.75 Å². The van der Waals surface area contributed by atoms with Gasteiger partial charge in [-0.2, -0.15) is 0 Å². The fourth-order valence-corrected chi connectivity index (χ4v) is 2.40. The topological polar surface area (TPSA) is 132 Å². The SMILES string of the molecule is CCOC(=O)CNC(=O)/C(C)=C/c1ccc(C(=O)Oc2ccc(C(=N)N)cc2)cc1. The van der Waals surface area contributed by atoms with Gasteiger partial charge in [0.25, 0.3) is 0 Å². The van der Waals surface area contributed by atoms with Crippen molar-refractivity contribution in [2.75, 3.05) is 13.2 Å². The van der Waals surface area contributed by atoms with Gasteiger partial charge >= 0.3 is 11.9 Å². The molecule has 1 amide bonds. The molecule has 0 aliphatic heterocycles. The van der Waals surface area contributed by atoms with Crippen LogP contribution in [0.2, 0.25) is 0 Å². The largest absolute Gasteiger partial charge is 0.465 e. The zero-order valence-electron chi connectivity index (χ0n) is 16.7. The van der Waals surface area contributed by atoms with Gasteiger partial charge in [0, 0.05) is 11.1 Å². The average Bonchev–Trinajstić information content (AvgIpc) is 2.73. The molecule has 2 aromatic carbocycles. The van der Waals surface area contributed by atoms with Gasteiger partial charge in [0.15, 0.2) is 0 Å². The number of esters is 2. The molecular formula is C22H23N3O5. The fourth-order valence-electron chi connectivity index (χ4n) is 2.40. The summed E-state index contributed by atoms with van der Waals surface area (Å²) in [6.45, 7) is 3.36. The summed E-state index contributed by atoms with van der Waals surface area (Å²) in [7, 11) is 0. The minimum absolute atomic E-state index is 0.0682. The molecule has 156 valence electrons. The first-order valence-corrected chi connectivity index (χ1v) is 9.19. The minimum Gasteiger partial charge on any atom is -0.465 e. The standard InChI is InChI=1S/C22H23N3O5/c1-3-29-19(26)13-25-21(27)14(2)12-15-4-6-17(7-5-15)22(28)30-18-10-8-16(9-11-18)20(23)24/h4-12H,3,13H2,1-2H3,(H3,23,24)(H,25,27)/b14-12+. The Kier molecular flexibility index (Phi) is 7.87. The van der Waals surface area contributed by atoms with Gasteiger partial charge in [0.2, 0.25) is 5.91 Å². The van der Waals surface area contributed by atoms with Crippen LogP contribution in [-0.2, 0) is 14.3 Å². The van der Waals surface area contributed by atoms with Crippen LogP contribution < -0.4 is 15.8 Å². The Bertz CT molecular complexity index is 963. The molecule has 4 N–H and O–H groups in total. The molecule has 0 saturated carbocycles.